The summed E-state index contributed by atoms with van der Waals surface area (Å²) in [5.41, 5.74) is 1.87. The van der Waals surface area contributed by atoms with E-state index in [-0.39, 0.29) is 0 Å². The van der Waals surface area contributed by atoms with Crippen LogP contribution in [0.3, 0.4) is 0 Å². The number of nitrogens with zero attached hydrogens (tertiary/aromatic N) is 2. The summed E-state index contributed by atoms with van der Waals surface area (Å²) in [6.45, 7) is 4.56. The first-order valence-electron chi connectivity index (χ1n) is 5.23. The molecule has 0 bridgehead atoms. The van der Waals surface area contributed by atoms with E-state index in [9.17, 15) is 0 Å². The zero-order chi connectivity index (χ0) is 11.1. The van der Waals surface area contributed by atoms with Gasteiger partial charge in [0.05, 0.1) is 24.2 Å². The predicted molar refractivity (Wildman–Crippen MR) is 61.6 cm³/mol. The summed E-state index contributed by atoms with van der Waals surface area (Å²) in [6.07, 6.45) is 4.83. The van der Waals surface area contributed by atoms with Crippen LogP contribution in [0.1, 0.15) is 30.7 Å². The molecule has 1 rings (SSSR count). The molecule has 0 amide bonds. The molecule has 0 saturated carbocycles. The lowest BCUT2D eigenvalue weighted by molar-refractivity contribution is 0.293. The Balaban J connectivity index is 2.28. The van der Waals surface area contributed by atoms with E-state index in [1.54, 1.807) is 6.20 Å². The Hall–Kier alpha value is -0.830. The molecule has 84 valence electrons. The number of aryl methyl sites for hydroxylation is 2. The van der Waals surface area contributed by atoms with Crippen molar-refractivity contribution in [1.29, 1.82) is 0 Å². The van der Waals surface area contributed by atoms with Gasteiger partial charge in [0.1, 0.15) is 0 Å². The minimum absolute atomic E-state index is 0.615. The lowest BCUT2D eigenvalue weighted by Crippen LogP contribution is -2.01. The molecule has 0 aliphatic carbocycles. The van der Waals surface area contributed by atoms with Gasteiger partial charge in [-0.3, -0.25) is 4.98 Å². The fourth-order valence-corrected chi connectivity index (χ4v) is 1.33. The Labute approximate surface area is 95.8 Å². The number of ether oxygens (including phenoxy) is 1. The lowest BCUT2D eigenvalue weighted by Gasteiger charge is -2.05. The molecule has 0 aliphatic rings. The third-order valence-corrected chi connectivity index (χ3v) is 2.47. The highest BCUT2D eigenvalue weighted by molar-refractivity contribution is 6.17. The molecule has 0 radical (unpaired) electrons. The highest BCUT2D eigenvalue weighted by Gasteiger charge is 1.99. The molecule has 1 heterocycles. The highest BCUT2D eigenvalue weighted by Crippen LogP contribution is 2.08. The quantitative estimate of drug-likeness (QED) is 0.555. The molecule has 1 aromatic rings. The van der Waals surface area contributed by atoms with Crippen molar-refractivity contribution in [2.24, 2.45) is 0 Å². The Morgan fingerprint density at radius 3 is 2.67 bits per heavy atom. The second-order valence-electron chi connectivity index (χ2n) is 3.48. The van der Waals surface area contributed by atoms with Gasteiger partial charge in [-0.25, -0.2) is 4.98 Å². The average Bonchev–Trinajstić information content (AvgIpc) is 2.23. The Morgan fingerprint density at radius 1 is 1.20 bits per heavy atom. The molecule has 0 fully saturated rings. The zero-order valence-corrected chi connectivity index (χ0v) is 10.0. The van der Waals surface area contributed by atoms with Gasteiger partial charge in [0.2, 0.25) is 5.88 Å². The van der Waals surface area contributed by atoms with Gasteiger partial charge in [0.25, 0.3) is 0 Å². The van der Waals surface area contributed by atoms with Crippen LogP contribution < -0.4 is 4.74 Å². The Kier molecular flexibility index (Phi) is 5.40. The first kappa shape index (κ1) is 12.2. The third-order valence-electron chi connectivity index (χ3n) is 2.20. The number of alkyl halides is 1. The SMILES string of the molecule is Cc1ncc(OCCCCCCl)nc1C. The Bertz CT molecular complexity index is 305. The second-order valence-corrected chi connectivity index (χ2v) is 3.86. The minimum atomic E-state index is 0.615. The van der Waals surface area contributed by atoms with Crippen molar-refractivity contribution in [1.82, 2.24) is 9.97 Å². The fourth-order valence-electron chi connectivity index (χ4n) is 1.14. The topological polar surface area (TPSA) is 35.0 Å². The number of hydrogen-bond donors (Lipinski definition) is 0. The van der Waals surface area contributed by atoms with Gasteiger partial charge in [-0.2, -0.15) is 0 Å². The van der Waals surface area contributed by atoms with Crippen LogP contribution in [-0.4, -0.2) is 22.5 Å². The minimum Gasteiger partial charge on any atom is -0.477 e. The van der Waals surface area contributed by atoms with Crippen LogP contribution in [0.2, 0.25) is 0 Å². The largest absolute Gasteiger partial charge is 0.477 e. The summed E-state index contributed by atoms with van der Waals surface area (Å²) < 4.78 is 5.47. The maximum atomic E-state index is 5.57. The van der Waals surface area contributed by atoms with Gasteiger partial charge in [-0.15, -0.1) is 11.6 Å². The van der Waals surface area contributed by atoms with Gasteiger partial charge in [-0.05, 0) is 33.1 Å². The standard InChI is InChI=1S/C11H17ClN2O/c1-9-10(2)14-11(8-13-9)15-7-5-3-4-6-12/h8H,3-7H2,1-2H3. The zero-order valence-electron chi connectivity index (χ0n) is 9.29. The van der Waals surface area contributed by atoms with E-state index in [0.717, 1.165) is 36.5 Å². The number of rotatable bonds is 6. The molecule has 0 unspecified atom stereocenters. The van der Waals surface area contributed by atoms with Crippen LogP contribution in [0, 0.1) is 13.8 Å². The number of aromatic nitrogens is 2. The van der Waals surface area contributed by atoms with Crippen molar-refractivity contribution in [3.05, 3.63) is 17.6 Å². The maximum absolute atomic E-state index is 5.57. The average molecular weight is 229 g/mol. The summed E-state index contributed by atoms with van der Waals surface area (Å²) >= 11 is 5.57. The van der Waals surface area contributed by atoms with Crippen LogP contribution >= 0.6 is 11.6 Å². The molecule has 0 aromatic carbocycles. The molecule has 4 heteroatoms. The van der Waals surface area contributed by atoms with E-state index in [4.69, 9.17) is 16.3 Å². The molecule has 0 spiro atoms. The molecule has 0 aliphatic heterocycles. The van der Waals surface area contributed by atoms with E-state index in [1.165, 1.54) is 0 Å². The summed E-state index contributed by atoms with van der Waals surface area (Å²) in [4.78, 5) is 8.46. The molecule has 0 atom stereocenters. The molecule has 1 aromatic heterocycles. The molecular formula is C11H17ClN2O. The van der Waals surface area contributed by atoms with Crippen molar-refractivity contribution >= 4 is 11.6 Å². The molecule has 15 heavy (non-hydrogen) atoms. The molecular weight excluding hydrogens is 212 g/mol. The first-order valence-corrected chi connectivity index (χ1v) is 5.76. The Morgan fingerprint density at radius 2 is 2.00 bits per heavy atom. The number of hydrogen-bond acceptors (Lipinski definition) is 3. The van der Waals surface area contributed by atoms with Crippen LogP contribution in [0.5, 0.6) is 5.88 Å². The molecule has 0 saturated heterocycles. The van der Waals surface area contributed by atoms with E-state index >= 15 is 0 Å². The monoisotopic (exact) mass is 228 g/mol. The molecule has 3 nitrogen and oxygen atoms in total. The van der Waals surface area contributed by atoms with Crippen LogP contribution in [-0.2, 0) is 0 Å². The smallest absolute Gasteiger partial charge is 0.232 e. The van der Waals surface area contributed by atoms with Gasteiger partial charge in [-0.1, -0.05) is 0 Å². The highest BCUT2D eigenvalue weighted by atomic mass is 35.5. The van der Waals surface area contributed by atoms with E-state index in [2.05, 4.69) is 9.97 Å². The lowest BCUT2D eigenvalue weighted by atomic mass is 10.3. The summed E-state index contributed by atoms with van der Waals surface area (Å²) in [6, 6.07) is 0. The van der Waals surface area contributed by atoms with Crippen molar-refractivity contribution in [2.45, 2.75) is 33.1 Å². The van der Waals surface area contributed by atoms with Crippen molar-refractivity contribution in [3.63, 3.8) is 0 Å². The maximum Gasteiger partial charge on any atom is 0.232 e. The van der Waals surface area contributed by atoms with Crippen molar-refractivity contribution in [2.75, 3.05) is 12.5 Å². The second kappa shape index (κ2) is 6.62. The number of unbranched alkanes of at least 4 members (excludes halogenated alkanes) is 2. The normalized spacial score (nSPS) is 10.3. The van der Waals surface area contributed by atoms with Crippen LogP contribution in [0.15, 0.2) is 6.20 Å². The van der Waals surface area contributed by atoms with Crippen LogP contribution in [0.25, 0.3) is 0 Å². The molecule has 0 N–H and O–H groups in total. The van der Waals surface area contributed by atoms with Gasteiger partial charge < -0.3 is 4.74 Å². The van der Waals surface area contributed by atoms with Gasteiger partial charge in [0.15, 0.2) is 0 Å². The first-order chi connectivity index (χ1) is 7.24. The predicted octanol–water partition coefficient (Wildman–Crippen LogP) is 2.88. The van der Waals surface area contributed by atoms with Gasteiger partial charge in [0, 0.05) is 5.88 Å². The van der Waals surface area contributed by atoms with Crippen LogP contribution in [0.4, 0.5) is 0 Å². The van der Waals surface area contributed by atoms with Gasteiger partial charge >= 0.3 is 0 Å². The van der Waals surface area contributed by atoms with E-state index in [1.807, 2.05) is 13.8 Å². The van der Waals surface area contributed by atoms with E-state index < -0.39 is 0 Å². The number of halogens is 1. The van der Waals surface area contributed by atoms with E-state index in [0.29, 0.717) is 12.5 Å². The summed E-state index contributed by atoms with van der Waals surface area (Å²) in [5, 5.41) is 0. The summed E-state index contributed by atoms with van der Waals surface area (Å²) in [7, 11) is 0. The third kappa shape index (κ3) is 4.47. The summed E-state index contributed by atoms with van der Waals surface area (Å²) in [5.74, 6) is 1.34. The van der Waals surface area contributed by atoms with Crippen molar-refractivity contribution < 1.29 is 4.74 Å². The fraction of sp³-hybridized carbons (Fsp3) is 0.636. The van der Waals surface area contributed by atoms with Crippen molar-refractivity contribution in [3.8, 4) is 5.88 Å².